The van der Waals surface area contributed by atoms with Gasteiger partial charge < -0.3 is 15.0 Å². The summed E-state index contributed by atoms with van der Waals surface area (Å²) in [5.74, 6) is -1.17. The van der Waals surface area contributed by atoms with E-state index >= 15 is 0 Å². The number of hydrogen-bond acceptors (Lipinski definition) is 7. The van der Waals surface area contributed by atoms with E-state index in [0.717, 1.165) is 10.4 Å². The van der Waals surface area contributed by atoms with Crippen molar-refractivity contribution in [2.24, 2.45) is 0 Å². The van der Waals surface area contributed by atoms with Crippen molar-refractivity contribution in [2.75, 3.05) is 25.0 Å². The number of nitro benzene ring substituents is 1. The number of rotatable bonds is 11. The Kier molecular flexibility index (Phi) is 10.2. The molecule has 0 aliphatic heterocycles. The van der Waals surface area contributed by atoms with E-state index in [1.165, 1.54) is 63.2 Å². The maximum Gasteiger partial charge on any atom is 0.273 e. The van der Waals surface area contributed by atoms with Crippen LogP contribution in [0.15, 0.2) is 65.6 Å². The van der Waals surface area contributed by atoms with Crippen LogP contribution in [-0.4, -0.2) is 56.8 Å². The second kappa shape index (κ2) is 13.2. The molecule has 41 heavy (non-hydrogen) atoms. The van der Waals surface area contributed by atoms with Crippen LogP contribution in [-0.2, 0) is 26.2 Å². The van der Waals surface area contributed by atoms with Crippen LogP contribution in [0, 0.1) is 17.0 Å². The Labute approximate surface area is 247 Å². The average molecular weight is 624 g/mol. The summed E-state index contributed by atoms with van der Waals surface area (Å²) >= 11 is 12.5. The number of benzene rings is 3. The number of hydrogen-bond donors (Lipinski definition) is 1. The third-order valence-corrected chi connectivity index (χ3v) is 8.73. The molecular weight excluding hydrogens is 595 g/mol. The summed E-state index contributed by atoms with van der Waals surface area (Å²) in [6.45, 7) is 2.06. The second-order valence-corrected chi connectivity index (χ2v) is 11.6. The van der Waals surface area contributed by atoms with Crippen molar-refractivity contribution in [3.63, 3.8) is 0 Å². The van der Waals surface area contributed by atoms with Gasteiger partial charge in [0.2, 0.25) is 11.8 Å². The predicted molar refractivity (Wildman–Crippen MR) is 156 cm³/mol. The van der Waals surface area contributed by atoms with E-state index in [1.54, 1.807) is 24.3 Å². The molecule has 11 nitrogen and oxygen atoms in total. The first kappa shape index (κ1) is 31.7. The zero-order chi connectivity index (χ0) is 30.5. The molecule has 3 aromatic rings. The van der Waals surface area contributed by atoms with E-state index < -0.39 is 49.9 Å². The maximum atomic E-state index is 14.1. The molecule has 0 bridgehead atoms. The lowest BCUT2D eigenvalue weighted by Gasteiger charge is -2.32. The first-order chi connectivity index (χ1) is 19.3. The lowest BCUT2D eigenvalue weighted by atomic mass is 10.1. The van der Waals surface area contributed by atoms with Gasteiger partial charge in [0.1, 0.15) is 18.3 Å². The van der Waals surface area contributed by atoms with E-state index in [1.807, 2.05) is 0 Å². The van der Waals surface area contributed by atoms with Crippen LogP contribution in [0.3, 0.4) is 0 Å². The molecule has 3 aromatic carbocycles. The highest BCUT2D eigenvalue weighted by Crippen LogP contribution is 2.36. The number of carbonyl (C=O) groups is 2. The fourth-order valence-corrected chi connectivity index (χ4v) is 5.85. The van der Waals surface area contributed by atoms with Gasteiger partial charge in [-0.2, -0.15) is 0 Å². The number of anilines is 1. The van der Waals surface area contributed by atoms with Gasteiger partial charge in [0.25, 0.3) is 15.7 Å². The van der Waals surface area contributed by atoms with Gasteiger partial charge in [-0.3, -0.25) is 24.0 Å². The Morgan fingerprint density at radius 2 is 1.78 bits per heavy atom. The van der Waals surface area contributed by atoms with Gasteiger partial charge in [-0.05, 0) is 49.7 Å². The van der Waals surface area contributed by atoms with Crippen molar-refractivity contribution in [3.05, 3.63) is 92.0 Å². The van der Waals surface area contributed by atoms with Crippen LogP contribution < -0.4 is 14.4 Å². The molecule has 0 radical (unpaired) electrons. The molecule has 0 spiro atoms. The molecule has 0 aliphatic rings. The highest BCUT2D eigenvalue weighted by molar-refractivity contribution is 7.92. The molecule has 0 saturated carbocycles. The number of ether oxygens (including phenoxy) is 1. The van der Waals surface area contributed by atoms with Crippen molar-refractivity contribution in [1.29, 1.82) is 0 Å². The summed E-state index contributed by atoms with van der Waals surface area (Å²) in [6, 6.07) is 13.4. The van der Waals surface area contributed by atoms with E-state index in [9.17, 15) is 28.1 Å². The van der Waals surface area contributed by atoms with E-state index in [4.69, 9.17) is 27.9 Å². The molecule has 1 atom stereocenters. The highest BCUT2D eigenvalue weighted by atomic mass is 35.5. The molecule has 0 saturated heterocycles. The van der Waals surface area contributed by atoms with Crippen molar-refractivity contribution in [2.45, 2.75) is 31.3 Å². The Morgan fingerprint density at radius 1 is 1.10 bits per heavy atom. The minimum absolute atomic E-state index is 0.0735. The van der Waals surface area contributed by atoms with Crippen LogP contribution in [0.1, 0.15) is 18.1 Å². The van der Waals surface area contributed by atoms with Gasteiger partial charge in [0.15, 0.2) is 0 Å². The summed E-state index contributed by atoms with van der Waals surface area (Å²) in [5, 5.41) is 14.6. The van der Waals surface area contributed by atoms with Gasteiger partial charge in [0.05, 0.1) is 22.6 Å². The summed E-state index contributed by atoms with van der Waals surface area (Å²) in [5.41, 5.74) is 0.287. The number of likely N-dealkylation sites (N-methyl/N-ethyl adjacent to an activating group) is 1. The van der Waals surface area contributed by atoms with Gasteiger partial charge in [-0.15, -0.1) is 0 Å². The zero-order valence-electron chi connectivity index (χ0n) is 22.6. The predicted octanol–water partition coefficient (Wildman–Crippen LogP) is 4.58. The van der Waals surface area contributed by atoms with Crippen molar-refractivity contribution < 1.29 is 27.7 Å². The number of methoxy groups -OCH3 is 1. The molecule has 218 valence electrons. The maximum absolute atomic E-state index is 14.1. The summed E-state index contributed by atoms with van der Waals surface area (Å²) in [7, 11) is -1.90. The Bertz CT molecular complexity index is 1580. The minimum Gasteiger partial charge on any atom is -0.495 e. The van der Waals surface area contributed by atoms with E-state index in [0.29, 0.717) is 10.6 Å². The van der Waals surface area contributed by atoms with Gasteiger partial charge in [-0.25, -0.2) is 8.42 Å². The molecule has 0 unspecified atom stereocenters. The lowest BCUT2D eigenvalue weighted by Crippen LogP contribution is -2.50. The number of sulfonamides is 1. The number of nitrogens with one attached hydrogen (secondary N) is 1. The Morgan fingerprint density at radius 3 is 2.39 bits per heavy atom. The molecule has 0 heterocycles. The second-order valence-electron chi connectivity index (χ2n) is 8.94. The number of aryl methyl sites for hydroxylation is 1. The van der Waals surface area contributed by atoms with Gasteiger partial charge >= 0.3 is 0 Å². The fraction of sp³-hybridized carbons (Fsp3) is 0.259. The fourth-order valence-electron chi connectivity index (χ4n) is 4.05. The first-order valence-electron chi connectivity index (χ1n) is 12.2. The number of nitrogens with zero attached hydrogens (tertiary/aromatic N) is 3. The molecule has 0 fully saturated rings. The monoisotopic (exact) mass is 622 g/mol. The number of carbonyl (C=O) groups excluding carboxylic acids is 2. The molecule has 0 aliphatic carbocycles. The minimum atomic E-state index is -4.62. The lowest BCUT2D eigenvalue weighted by molar-refractivity contribution is -0.385. The zero-order valence-corrected chi connectivity index (χ0v) is 25.0. The van der Waals surface area contributed by atoms with Gasteiger partial charge in [0, 0.05) is 35.3 Å². The smallest absolute Gasteiger partial charge is 0.273 e. The van der Waals surface area contributed by atoms with E-state index in [-0.39, 0.29) is 28.6 Å². The average Bonchev–Trinajstić information content (AvgIpc) is 2.94. The number of amides is 2. The van der Waals surface area contributed by atoms with Crippen molar-refractivity contribution >= 4 is 56.4 Å². The summed E-state index contributed by atoms with van der Waals surface area (Å²) in [6.07, 6.45) is 0. The normalized spacial score (nSPS) is 11.9. The summed E-state index contributed by atoms with van der Waals surface area (Å²) < 4.78 is 34.2. The molecule has 1 N–H and O–H groups in total. The van der Waals surface area contributed by atoms with Crippen molar-refractivity contribution in [1.82, 2.24) is 10.2 Å². The molecule has 0 aromatic heterocycles. The highest BCUT2D eigenvalue weighted by Gasteiger charge is 2.35. The standard InChI is InChI=1S/C27H28Cl2N4O7S/c1-17-9-11-21(14-23(17)33(36)37)41(38,39)32(24-13-20(28)10-12-25(24)40-4)16-26(34)31(18(2)27(35)30-3)15-19-7-5-6-8-22(19)29/h5-14,18H,15-16H2,1-4H3,(H,30,35)/t18-/m0/s1. The quantitative estimate of drug-likeness (QED) is 0.244. The molecular formula is C27H28Cl2N4O7S. The Balaban J connectivity index is 2.18. The molecule has 2 amide bonds. The van der Waals surface area contributed by atoms with Gasteiger partial charge in [-0.1, -0.05) is 47.5 Å². The van der Waals surface area contributed by atoms with Crippen LogP contribution >= 0.6 is 23.2 Å². The largest absolute Gasteiger partial charge is 0.495 e. The third-order valence-electron chi connectivity index (χ3n) is 6.37. The molecule has 3 rings (SSSR count). The Hall–Kier alpha value is -3.87. The van der Waals surface area contributed by atoms with Crippen LogP contribution in [0.4, 0.5) is 11.4 Å². The van der Waals surface area contributed by atoms with Crippen LogP contribution in [0.2, 0.25) is 10.0 Å². The SMILES string of the molecule is CNC(=O)[C@H](C)N(Cc1ccccc1Cl)C(=O)CN(c1cc(Cl)ccc1OC)S(=O)(=O)c1ccc(C)c([N+](=O)[O-])c1. The van der Waals surface area contributed by atoms with Crippen LogP contribution in [0.5, 0.6) is 5.75 Å². The van der Waals surface area contributed by atoms with Crippen molar-refractivity contribution in [3.8, 4) is 5.75 Å². The third kappa shape index (κ3) is 7.07. The summed E-state index contributed by atoms with van der Waals surface area (Å²) in [4.78, 5) is 38.2. The first-order valence-corrected chi connectivity index (χ1v) is 14.4. The van der Waals surface area contributed by atoms with Crippen LogP contribution in [0.25, 0.3) is 0 Å². The van der Waals surface area contributed by atoms with E-state index in [2.05, 4.69) is 5.32 Å². The molecule has 14 heteroatoms. The topological polar surface area (TPSA) is 139 Å². The number of nitro groups is 1. The number of halogens is 2.